The number of nitrogens with zero attached hydrogens (tertiary/aromatic N) is 2. The SMILES string of the molecule is O=C(OCc1ccc([N+](=O)[O-])cc1)C1CC[C@@H]2CN1C(=O)O2. The zero-order valence-electron chi connectivity index (χ0n) is 11.6. The number of benzene rings is 1. The second kappa shape index (κ2) is 5.63. The Morgan fingerprint density at radius 2 is 2.09 bits per heavy atom. The van der Waals surface area contributed by atoms with Crippen molar-refractivity contribution in [1.82, 2.24) is 4.90 Å². The van der Waals surface area contributed by atoms with Gasteiger partial charge in [0.05, 0.1) is 11.5 Å². The monoisotopic (exact) mass is 306 g/mol. The summed E-state index contributed by atoms with van der Waals surface area (Å²) in [5, 5.41) is 10.6. The third-order valence-corrected chi connectivity index (χ3v) is 3.84. The second-order valence-corrected chi connectivity index (χ2v) is 5.28. The summed E-state index contributed by atoms with van der Waals surface area (Å²) in [7, 11) is 0. The maximum absolute atomic E-state index is 12.1. The summed E-state index contributed by atoms with van der Waals surface area (Å²) < 4.78 is 10.3. The fraction of sp³-hybridized carbons (Fsp3) is 0.429. The molecule has 1 unspecified atom stereocenters. The number of fused-ring (bicyclic) bond motifs is 2. The first kappa shape index (κ1) is 14.3. The van der Waals surface area contributed by atoms with Gasteiger partial charge in [0.25, 0.3) is 5.69 Å². The number of non-ortho nitro benzene ring substituents is 1. The molecule has 0 saturated carbocycles. The Labute approximate surface area is 125 Å². The van der Waals surface area contributed by atoms with Gasteiger partial charge in [-0.25, -0.2) is 9.59 Å². The quantitative estimate of drug-likeness (QED) is 0.476. The minimum atomic E-state index is -0.607. The third-order valence-electron chi connectivity index (χ3n) is 3.84. The largest absolute Gasteiger partial charge is 0.459 e. The first-order valence-electron chi connectivity index (χ1n) is 6.92. The molecule has 116 valence electrons. The fourth-order valence-electron chi connectivity index (χ4n) is 2.66. The van der Waals surface area contributed by atoms with E-state index in [1.54, 1.807) is 0 Å². The van der Waals surface area contributed by atoms with E-state index in [2.05, 4.69) is 0 Å². The van der Waals surface area contributed by atoms with E-state index in [9.17, 15) is 19.7 Å². The number of esters is 1. The Kier molecular flexibility index (Phi) is 3.66. The molecule has 2 bridgehead atoms. The van der Waals surface area contributed by atoms with Crippen molar-refractivity contribution in [1.29, 1.82) is 0 Å². The zero-order chi connectivity index (χ0) is 15.7. The molecule has 0 spiro atoms. The number of carbonyl (C=O) groups is 2. The molecule has 0 aromatic heterocycles. The number of carbonyl (C=O) groups excluding carboxylic acids is 2. The van der Waals surface area contributed by atoms with Crippen LogP contribution in [0.3, 0.4) is 0 Å². The molecule has 22 heavy (non-hydrogen) atoms. The average Bonchev–Trinajstić information content (AvgIpc) is 2.80. The predicted molar refractivity (Wildman–Crippen MR) is 72.9 cm³/mol. The topological polar surface area (TPSA) is 99.0 Å². The van der Waals surface area contributed by atoms with Gasteiger partial charge < -0.3 is 9.47 Å². The summed E-state index contributed by atoms with van der Waals surface area (Å²) >= 11 is 0. The molecule has 1 aromatic rings. The van der Waals surface area contributed by atoms with Crippen molar-refractivity contribution in [2.45, 2.75) is 31.6 Å². The highest BCUT2D eigenvalue weighted by molar-refractivity contribution is 5.83. The van der Waals surface area contributed by atoms with Crippen molar-refractivity contribution in [3.63, 3.8) is 0 Å². The molecule has 2 saturated heterocycles. The van der Waals surface area contributed by atoms with Gasteiger partial charge >= 0.3 is 12.1 Å². The molecule has 0 N–H and O–H groups in total. The maximum Gasteiger partial charge on any atom is 0.410 e. The van der Waals surface area contributed by atoms with Gasteiger partial charge in [-0.2, -0.15) is 0 Å². The molecule has 8 nitrogen and oxygen atoms in total. The molecule has 0 aliphatic carbocycles. The average molecular weight is 306 g/mol. The number of amides is 1. The summed E-state index contributed by atoms with van der Waals surface area (Å²) in [5.41, 5.74) is 0.629. The Bertz CT molecular complexity index is 614. The van der Waals surface area contributed by atoms with E-state index in [-0.39, 0.29) is 18.4 Å². The van der Waals surface area contributed by atoms with Crippen LogP contribution in [0, 0.1) is 10.1 Å². The van der Waals surface area contributed by atoms with Crippen LogP contribution in [-0.4, -0.2) is 40.6 Å². The van der Waals surface area contributed by atoms with E-state index >= 15 is 0 Å². The van der Waals surface area contributed by atoms with Crippen LogP contribution in [-0.2, 0) is 20.9 Å². The molecule has 2 aliphatic heterocycles. The van der Waals surface area contributed by atoms with Crippen molar-refractivity contribution < 1.29 is 24.0 Å². The van der Waals surface area contributed by atoms with Crippen molar-refractivity contribution >= 4 is 17.7 Å². The predicted octanol–water partition coefficient (Wildman–Crippen LogP) is 1.62. The summed E-state index contributed by atoms with van der Waals surface area (Å²) in [6.07, 6.45) is 0.584. The molecule has 8 heteroatoms. The first-order chi connectivity index (χ1) is 10.5. The second-order valence-electron chi connectivity index (χ2n) is 5.28. The lowest BCUT2D eigenvalue weighted by atomic mass is 10.0. The molecule has 2 fully saturated rings. The number of nitro groups is 1. The van der Waals surface area contributed by atoms with E-state index < -0.39 is 23.0 Å². The van der Waals surface area contributed by atoms with Crippen LogP contribution in [0.15, 0.2) is 24.3 Å². The Balaban J connectivity index is 1.58. The number of hydrogen-bond donors (Lipinski definition) is 0. The highest BCUT2D eigenvalue weighted by Gasteiger charge is 2.44. The van der Waals surface area contributed by atoms with Crippen molar-refractivity contribution in [3.8, 4) is 0 Å². The highest BCUT2D eigenvalue weighted by atomic mass is 16.6. The number of nitro benzene ring substituents is 1. The fourth-order valence-corrected chi connectivity index (χ4v) is 2.66. The standard InChI is InChI=1S/C14H14N2O6/c17-13(12-6-5-11-7-15(12)14(18)22-11)21-8-9-1-3-10(4-2-9)16(19)20/h1-4,11-12H,5-8H2/t11-,12?/m1/s1. The lowest BCUT2D eigenvalue weighted by Gasteiger charge is -2.27. The normalized spacial score (nSPS) is 23.1. The molecule has 3 rings (SSSR count). The summed E-state index contributed by atoms with van der Waals surface area (Å²) in [5.74, 6) is -0.476. The summed E-state index contributed by atoms with van der Waals surface area (Å²) in [6, 6.07) is 5.17. The van der Waals surface area contributed by atoms with E-state index in [1.807, 2.05) is 0 Å². The molecule has 2 aliphatic rings. The van der Waals surface area contributed by atoms with Crippen LogP contribution < -0.4 is 0 Å². The minimum absolute atomic E-state index is 0.0135. The summed E-state index contributed by atoms with van der Waals surface area (Å²) in [6.45, 7) is 0.440. The molecular weight excluding hydrogens is 292 g/mol. The van der Waals surface area contributed by atoms with Crippen LogP contribution in [0.4, 0.5) is 10.5 Å². The molecule has 2 atom stereocenters. The van der Waals surface area contributed by atoms with Crippen LogP contribution >= 0.6 is 0 Å². The van der Waals surface area contributed by atoms with E-state index in [0.29, 0.717) is 24.9 Å². The lowest BCUT2D eigenvalue weighted by Crippen LogP contribution is -2.45. The Morgan fingerprint density at radius 1 is 1.36 bits per heavy atom. The van der Waals surface area contributed by atoms with Crippen LogP contribution in [0.2, 0.25) is 0 Å². The van der Waals surface area contributed by atoms with Crippen molar-refractivity contribution in [2.75, 3.05) is 6.54 Å². The lowest BCUT2D eigenvalue weighted by molar-refractivity contribution is -0.384. The molecule has 2 heterocycles. The Morgan fingerprint density at radius 3 is 2.77 bits per heavy atom. The molecular formula is C14H14N2O6. The van der Waals surface area contributed by atoms with E-state index in [0.717, 1.165) is 0 Å². The molecule has 1 amide bonds. The summed E-state index contributed by atoms with van der Waals surface area (Å²) in [4.78, 5) is 35.1. The van der Waals surface area contributed by atoms with Crippen molar-refractivity contribution in [3.05, 3.63) is 39.9 Å². The van der Waals surface area contributed by atoms with Crippen LogP contribution in [0.5, 0.6) is 0 Å². The van der Waals surface area contributed by atoms with Crippen LogP contribution in [0.25, 0.3) is 0 Å². The number of rotatable bonds is 4. The Hall–Kier alpha value is -2.64. The molecule has 0 radical (unpaired) electrons. The van der Waals surface area contributed by atoms with Gasteiger partial charge in [-0.05, 0) is 30.5 Å². The van der Waals surface area contributed by atoms with E-state index in [1.165, 1.54) is 29.2 Å². The minimum Gasteiger partial charge on any atom is -0.459 e. The van der Waals surface area contributed by atoms with Gasteiger partial charge in [-0.1, -0.05) is 0 Å². The smallest absolute Gasteiger partial charge is 0.410 e. The van der Waals surface area contributed by atoms with E-state index in [4.69, 9.17) is 9.47 Å². The van der Waals surface area contributed by atoms with Gasteiger partial charge in [0.15, 0.2) is 0 Å². The van der Waals surface area contributed by atoms with Gasteiger partial charge in [-0.15, -0.1) is 0 Å². The first-order valence-corrected chi connectivity index (χ1v) is 6.92. The molecule has 1 aromatic carbocycles. The number of piperidine rings is 1. The number of hydrogen-bond acceptors (Lipinski definition) is 6. The van der Waals surface area contributed by atoms with Gasteiger partial charge in [0.1, 0.15) is 18.8 Å². The van der Waals surface area contributed by atoms with Crippen LogP contribution in [0.1, 0.15) is 18.4 Å². The van der Waals surface area contributed by atoms with Gasteiger partial charge in [0, 0.05) is 12.1 Å². The number of ether oxygens (including phenoxy) is 2. The third kappa shape index (κ3) is 2.72. The van der Waals surface area contributed by atoms with Gasteiger partial charge in [-0.3, -0.25) is 15.0 Å². The maximum atomic E-state index is 12.1. The zero-order valence-corrected chi connectivity index (χ0v) is 11.6. The van der Waals surface area contributed by atoms with Crippen molar-refractivity contribution in [2.24, 2.45) is 0 Å². The highest BCUT2D eigenvalue weighted by Crippen LogP contribution is 2.27. The van der Waals surface area contributed by atoms with Gasteiger partial charge in [0.2, 0.25) is 0 Å².